The van der Waals surface area contributed by atoms with Crippen LogP contribution in [0.15, 0.2) is 24.3 Å². The van der Waals surface area contributed by atoms with E-state index < -0.39 is 30.2 Å². The highest BCUT2D eigenvalue weighted by Gasteiger charge is 2.34. The van der Waals surface area contributed by atoms with Gasteiger partial charge in [-0.25, -0.2) is 0 Å². The number of alkyl halides is 5. The van der Waals surface area contributed by atoms with Crippen LogP contribution in [-0.4, -0.2) is 18.1 Å². The second kappa shape index (κ2) is 4.25. The third-order valence-corrected chi connectivity index (χ3v) is 1.69. The summed E-state index contributed by atoms with van der Waals surface area (Å²) in [4.78, 5) is 0. The topological polar surface area (TPSA) is 29.5 Å². The van der Waals surface area contributed by atoms with Crippen molar-refractivity contribution in [2.45, 2.75) is 12.3 Å². The summed E-state index contributed by atoms with van der Waals surface area (Å²) in [5, 5.41) is 8.36. The summed E-state index contributed by atoms with van der Waals surface area (Å²) in [6, 6.07) is 3.31. The van der Waals surface area contributed by atoms with Crippen LogP contribution in [0.5, 0.6) is 5.75 Å². The Morgan fingerprint density at radius 2 is 1.75 bits per heavy atom. The first-order valence-corrected chi connectivity index (χ1v) is 4.09. The third-order valence-electron chi connectivity index (χ3n) is 1.69. The van der Waals surface area contributed by atoms with Crippen molar-refractivity contribution in [3.05, 3.63) is 29.8 Å². The molecule has 0 saturated carbocycles. The van der Waals surface area contributed by atoms with Gasteiger partial charge in [0.05, 0.1) is 0 Å². The summed E-state index contributed by atoms with van der Waals surface area (Å²) in [6.07, 6.45) is -4.94. The Morgan fingerprint density at radius 1 is 1.12 bits per heavy atom. The van der Waals surface area contributed by atoms with Crippen LogP contribution in [0.25, 0.3) is 0 Å². The lowest BCUT2D eigenvalue weighted by Gasteiger charge is -2.15. The molecule has 0 spiro atoms. The highest BCUT2D eigenvalue weighted by Crippen LogP contribution is 2.31. The molecule has 16 heavy (non-hydrogen) atoms. The average molecular weight is 242 g/mol. The van der Waals surface area contributed by atoms with Gasteiger partial charge in [-0.05, 0) is 12.1 Å². The smallest absolute Gasteiger partial charge is 0.406 e. The molecule has 0 radical (unpaired) electrons. The number of aliphatic hydroxyl groups is 1. The summed E-state index contributed by atoms with van der Waals surface area (Å²) in [5.41, 5.74) is -0.739. The Bertz CT molecular complexity index is 361. The molecule has 0 heterocycles. The van der Waals surface area contributed by atoms with Crippen molar-refractivity contribution in [2.24, 2.45) is 0 Å². The fourth-order valence-electron chi connectivity index (χ4n) is 1.01. The Kier molecular flexibility index (Phi) is 3.37. The molecular formula is C9H7F5O2. The molecule has 0 fully saturated rings. The number of benzene rings is 1. The molecule has 0 bridgehead atoms. The molecule has 7 heteroatoms. The van der Waals surface area contributed by atoms with Gasteiger partial charge < -0.3 is 9.84 Å². The largest absolute Gasteiger partial charge is 0.573 e. The summed E-state index contributed by atoms with van der Waals surface area (Å²) >= 11 is 0. The number of hydrogen-bond donors (Lipinski definition) is 1. The number of halogens is 5. The van der Waals surface area contributed by atoms with Crippen molar-refractivity contribution in [1.29, 1.82) is 0 Å². The van der Waals surface area contributed by atoms with Crippen LogP contribution in [0, 0.1) is 0 Å². The van der Waals surface area contributed by atoms with Crippen LogP contribution in [0.3, 0.4) is 0 Å². The minimum atomic E-state index is -4.94. The molecule has 0 saturated heterocycles. The van der Waals surface area contributed by atoms with Gasteiger partial charge in [0, 0.05) is 5.56 Å². The van der Waals surface area contributed by atoms with Crippen molar-refractivity contribution < 1.29 is 31.8 Å². The molecule has 1 aromatic carbocycles. The highest BCUT2D eigenvalue weighted by atomic mass is 19.4. The summed E-state index contributed by atoms with van der Waals surface area (Å²) < 4.78 is 64.7. The van der Waals surface area contributed by atoms with E-state index in [0.29, 0.717) is 6.07 Å². The zero-order valence-corrected chi connectivity index (χ0v) is 7.76. The van der Waals surface area contributed by atoms with Crippen molar-refractivity contribution >= 4 is 0 Å². The predicted molar refractivity (Wildman–Crippen MR) is 44.1 cm³/mol. The molecule has 0 amide bonds. The second-order valence-electron chi connectivity index (χ2n) is 2.94. The average Bonchev–Trinajstić information content (AvgIpc) is 2.15. The van der Waals surface area contributed by atoms with E-state index in [4.69, 9.17) is 5.11 Å². The first-order chi connectivity index (χ1) is 7.24. The monoisotopic (exact) mass is 242 g/mol. The molecule has 0 atom stereocenters. The van der Waals surface area contributed by atoms with Crippen molar-refractivity contribution in [1.82, 2.24) is 0 Å². The standard InChI is InChI=1S/C9H7F5O2/c10-8(11,5-15)6-2-1-3-7(4-6)16-9(12,13)14/h1-4,15H,5H2. The molecule has 2 nitrogen and oxygen atoms in total. The molecule has 0 unspecified atom stereocenters. The van der Waals surface area contributed by atoms with E-state index in [1.165, 1.54) is 0 Å². The summed E-state index contributed by atoms with van der Waals surface area (Å²) in [6.45, 7) is -1.48. The summed E-state index contributed by atoms with van der Waals surface area (Å²) in [7, 11) is 0. The van der Waals surface area contributed by atoms with E-state index in [-0.39, 0.29) is 0 Å². The number of aliphatic hydroxyl groups excluding tert-OH is 1. The molecule has 0 aliphatic heterocycles. The van der Waals surface area contributed by atoms with Crippen molar-refractivity contribution in [3.8, 4) is 5.75 Å². The van der Waals surface area contributed by atoms with Gasteiger partial charge in [-0.3, -0.25) is 0 Å². The maximum absolute atomic E-state index is 12.9. The Balaban J connectivity index is 2.96. The van der Waals surface area contributed by atoms with E-state index >= 15 is 0 Å². The first kappa shape index (κ1) is 12.7. The highest BCUT2D eigenvalue weighted by molar-refractivity contribution is 5.31. The lowest BCUT2D eigenvalue weighted by atomic mass is 10.1. The molecule has 0 aromatic heterocycles. The molecule has 1 N–H and O–H groups in total. The molecule has 90 valence electrons. The van der Waals surface area contributed by atoms with Crippen LogP contribution in [0.2, 0.25) is 0 Å². The van der Waals surface area contributed by atoms with Crippen LogP contribution >= 0.6 is 0 Å². The quantitative estimate of drug-likeness (QED) is 0.825. The Labute approximate surface area is 87.3 Å². The van der Waals surface area contributed by atoms with Gasteiger partial charge in [-0.15, -0.1) is 13.2 Å². The van der Waals surface area contributed by atoms with Crippen molar-refractivity contribution in [2.75, 3.05) is 6.61 Å². The van der Waals surface area contributed by atoms with Gasteiger partial charge in [-0.2, -0.15) is 8.78 Å². The zero-order chi connectivity index (χ0) is 12.4. The van der Waals surface area contributed by atoms with E-state index in [2.05, 4.69) is 4.74 Å². The van der Waals surface area contributed by atoms with Gasteiger partial charge in [0.2, 0.25) is 0 Å². The molecule has 0 aliphatic rings. The minimum Gasteiger partial charge on any atom is -0.406 e. The SMILES string of the molecule is OCC(F)(F)c1cccc(OC(F)(F)F)c1. The van der Waals surface area contributed by atoms with Crippen LogP contribution in [0.1, 0.15) is 5.56 Å². The lowest BCUT2D eigenvalue weighted by Crippen LogP contribution is -2.20. The van der Waals surface area contributed by atoms with E-state index in [1.807, 2.05) is 0 Å². The molecule has 1 aromatic rings. The molecular weight excluding hydrogens is 235 g/mol. The Morgan fingerprint density at radius 3 is 2.25 bits per heavy atom. The minimum absolute atomic E-state index is 0.531. The number of hydrogen-bond acceptors (Lipinski definition) is 2. The fraction of sp³-hybridized carbons (Fsp3) is 0.333. The van der Waals surface area contributed by atoms with Gasteiger partial charge in [0.15, 0.2) is 0 Å². The zero-order valence-electron chi connectivity index (χ0n) is 7.76. The van der Waals surface area contributed by atoms with Crippen LogP contribution < -0.4 is 4.74 Å². The van der Waals surface area contributed by atoms with Crippen LogP contribution in [-0.2, 0) is 5.92 Å². The Hall–Kier alpha value is -1.37. The van der Waals surface area contributed by atoms with Crippen LogP contribution in [0.4, 0.5) is 22.0 Å². The number of ether oxygens (including phenoxy) is 1. The molecule has 0 aliphatic carbocycles. The van der Waals surface area contributed by atoms with Gasteiger partial charge in [0.1, 0.15) is 12.4 Å². The number of rotatable bonds is 3. The second-order valence-corrected chi connectivity index (χ2v) is 2.94. The molecule has 1 rings (SSSR count). The maximum atomic E-state index is 12.9. The van der Waals surface area contributed by atoms with Gasteiger partial charge in [0.25, 0.3) is 5.92 Å². The normalized spacial score (nSPS) is 12.6. The van der Waals surface area contributed by atoms with Crippen molar-refractivity contribution in [3.63, 3.8) is 0 Å². The first-order valence-electron chi connectivity index (χ1n) is 4.09. The maximum Gasteiger partial charge on any atom is 0.573 e. The fourth-order valence-corrected chi connectivity index (χ4v) is 1.01. The predicted octanol–water partition coefficient (Wildman–Crippen LogP) is 2.67. The van der Waals surface area contributed by atoms with Gasteiger partial charge >= 0.3 is 6.36 Å². The van der Waals surface area contributed by atoms with E-state index in [9.17, 15) is 22.0 Å². The lowest BCUT2D eigenvalue weighted by molar-refractivity contribution is -0.274. The summed E-state index contributed by atoms with van der Waals surface area (Å²) in [5.74, 6) is -4.34. The third kappa shape index (κ3) is 3.34. The van der Waals surface area contributed by atoms with E-state index in [1.54, 1.807) is 0 Å². The van der Waals surface area contributed by atoms with Gasteiger partial charge in [-0.1, -0.05) is 12.1 Å². The van der Waals surface area contributed by atoms with E-state index in [0.717, 1.165) is 18.2 Å².